The molecule has 188 valence electrons. The van der Waals surface area contributed by atoms with Gasteiger partial charge in [0.25, 0.3) is 5.69 Å². The third kappa shape index (κ3) is 9.03. The van der Waals surface area contributed by atoms with Crippen LogP contribution in [0.15, 0.2) is 41.3 Å². The van der Waals surface area contributed by atoms with Crippen molar-refractivity contribution in [2.75, 3.05) is 7.11 Å². The van der Waals surface area contributed by atoms with E-state index in [1.165, 1.54) is 18.4 Å². The summed E-state index contributed by atoms with van der Waals surface area (Å²) in [5.41, 5.74) is -0.266. The summed E-state index contributed by atoms with van der Waals surface area (Å²) >= 11 is 1.32. The number of alkyl halides is 3. The van der Waals surface area contributed by atoms with Crippen molar-refractivity contribution in [2.24, 2.45) is 0 Å². The number of unbranched alkanes of at least 4 members (excludes halogenated alkanes) is 1. The van der Waals surface area contributed by atoms with Crippen LogP contribution in [-0.4, -0.2) is 32.6 Å². The molecule has 0 saturated carbocycles. The predicted octanol–water partition coefficient (Wildman–Crippen LogP) is 5.29. The molecule has 2 rings (SSSR count). The van der Waals surface area contributed by atoms with Crippen molar-refractivity contribution in [1.82, 2.24) is 4.72 Å². The van der Waals surface area contributed by atoms with E-state index < -0.39 is 33.6 Å². The monoisotopic (exact) mass is 522 g/mol. The molecule has 1 heterocycles. The van der Waals surface area contributed by atoms with Gasteiger partial charge in [0, 0.05) is 34.7 Å². The van der Waals surface area contributed by atoms with Crippen LogP contribution in [0.2, 0.25) is 0 Å². The van der Waals surface area contributed by atoms with Crippen LogP contribution in [-0.2, 0) is 26.0 Å². The Labute approximate surface area is 199 Å². The summed E-state index contributed by atoms with van der Waals surface area (Å²) in [6, 6.07) is 7.08. The van der Waals surface area contributed by atoms with Gasteiger partial charge in [-0.05, 0) is 49.9 Å². The van der Waals surface area contributed by atoms with Crippen LogP contribution < -0.4 is 4.72 Å². The van der Waals surface area contributed by atoms with Crippen LogP contribution in [0.1, 0.15) is 54.3 Å². The second-order valence-corrected chi connectivity index (χ2v) is 10.4. The Kier molecular flexibility index (Phi) is 10.0. The molecule has 0 aliphatic rings. The van der Waals surface area contributed by atoms with E-state index in [4.69, 9.17) is 0 Å². The third-order valence-corrected chi connectivity index (χ3v) is 7.66. The third-order valence-electron chi connectivity index (χ3n) is 4.92. The van der Waals surface area contributed by atoms with Crippen molar-refractivity contribution in [1.29, 1.82) is 0 Å². The van der Waals surface area contributed by atoms with Gasteiger partial charge in [-0.3, -0.25) is 14.9 Å². The van der Waals surface area contributed by atoms with Gasteiger partial charge in [-0.2, -0.15) is 13.2 Å². The topological polar surface area (TPSA) is 116 Å². The fraction of sp³-hybridized carbons (Fsp3) is 0.476. The van der Waals surface area contributed by atoms with Gasteiger partial charge >= 0.3 is 12.1 Å². The maximum atomic E-state index is 12.9. The van der Waals surface area contributed by atoms with Crippen LogP contribution in [0, 0.1) is 10.1 Å². The lowest BCUT2D eigenvalue weighted by Crippen LogP contribution is -2.28. The van der Waals surface area contributed by atoms with E-state index in [0.717, 1.165) is 29.1 Å². The molecule has 0 amide bonds. The molecule has 8 nitrogen and oxygen atoms in total. The van der Waals surface area contributed by atoms with E-state index in [0.29, 0.717) is 17.7 Å². The predicted molar refractivity (Wildman–Crippen MR) is 120 cm³/mol. The number of nitro benzene ring substituents is 1. The minimum atomic E-state index is -4.29. The van der Waals surface area contributed by atoms with Crippen molar-refractivity contribution < 1.29 is 36.0 Å². The van der Waals surface area contributed by atoms with Crippen LogP contribution in [0.3, 0.4) is 0 Å². The lowest BCUT2D eigenvalue weighted by molar-refractivity contribution is -0.384. The normalized spacial score (nSPS) is 12.9. The number of thiophene rings is 1. The van der Waals surface area contributed by atoms with E-state index in [1.54, 1.807) is 12.1 Å². The van der Waals surface area contributed by atoms with Crippen molar-refractivity contribution >= 4 is 33.0 Å². The molecule has 1 unspecified atom stereocenters. The van der Waals surface area contributed by atoms with E-state index in [1.807, 2.05) is 0 Å². The molecule has 0 fully saturated rings. The Morgan fingerprint density at radius 1 is 1.15 bits per heavy atom. The Hall–Kier alpha value is -2.51. The minimum absolute atomic E-state index is 0.141. The van der Waals surface area contributed by atoms with Gasteiger partial charge in [0.2, 0.25) is 10.0 Å². The van der Waals surface area contributed by atoms with Gasteiger partial charge in [0.15, 0.2) is 0 Å². The highest BCUT2D eigenvalue weighted by Gasteiger charge is 2.27. The van der Waals surface area contributed by atoms with Crippen molar-refractivity contribution in [3.63, 3.8) is 0 Å². The zero-order chi connectivity index (χ0) is 25.4. The molecule has 0 saturated heterocycles. The number of sulfonamides is 1. The molecule has 1 aromatic heterocycles. The SMILES string of the molecule is COC(=O)CCCc1ccc(C(CCCCC(F)(F)F)NS(=O)(=O)c2ccc([N+](=O)[O-])cc2)s1. The van der Waals surface area contributed by atoms with Gasteiger partial charge in [-0.15, -0.1) is 11.3 Å². The lowest BCUT2D eigenvalue weighted by atomic mass is 10.1. The second-order valence-electron chi connectivity index (χ2n) is 7.52. The maximum absolute atomic E-state index is 12.9. The van der Waals surface area contributed by atoms with E-state index in [2.05, 4.69) is 9.46 Å². The number of non-ortho nitro benzene ring substituents is 1. The molecule has 1 atom stereocenters. The number of methoxy groups -OCH3 is 1. The van der Waals surface area contributed by atoms with Crippen molar-refractivity contribution in [3.8, 4) is 0 Å². The van der Waals surface area contributed by atoms with Crippen LogP contribution in [0.4, 0.5) is 18.9 Å². The fourth-order valence-corrected chi connectivity index (χ4v) is 5.63. The number of carbonyl (C=O) groups is 1. The Bertz CT molecular complexity index is 1070. The number of hydrogen-bond acceptors (Lipinski definition) is 7. The summed E-state index contributed by atoms with van der Waals surface area (Å²) in [7, 11) is -2.79. The summed E-state index contributed by atoms with van der Waals surface area (Å²) in [5, 5.41) is 10.8. The summed E-state index contributed by atoms with van der Waals surface area (Å²) in [6.07, 6.45) is -3.77. The lowest BCUT2D eigenvalue weighted by Gasteiger charge is -2.18. The molecular formula is C21H25F3N2O6S2. The van der Waals surface area contributed by atoms with Crippen molar-refractivity contribution in [3.05, 3.63) is 56.3 Å². The number of benzene rings is 1. The van der Waals surface area contributed by atoms with Crippen LogP contribution >= 0.6 is 11.3 Å². The first kappa shape index (κ1) is 27.7. The first-order chi connectivity index (χ1) is 15.9. The first-order valence-corrected chi connectivity index (χ1v) is 12.7. The van der Waals surface area contributed by atoms with Gasteiger partial charge in [-0.1, -0.05) is 6.42 Å². The number of carbonyl (C=O) groups excluding carboxylic acids is 1. The highest BCUT2D eigenvalue weighted by atomic mass is 32.2. The van der Waals surface area contributed by atoms with Crippen LogP contribution in [0.25, 0.3) is 0 Å². The molecule has 1 aromatic carbocycles. The summed E-state index contributed by atoms with van der Waals surface area (Å²) in [5.74, 6) is -0.338. The zero-order valence-corrected chi connectivity index (χ0v) is 20.0. The molecule has 0 bridgehead atoms. The fourth-order valence-electron chi connectivity index (χ4n) is 3.16. The van der Waals surface area contributed by atoms with Gasteiger partial charge in [0.1, 0.15) is 0 Å². The smallest absolute Gasteiger partial charge is 0.389 e. The van der Waals surface area contributed by atoms with Gasteiger partial charge in [-0.25, -0.2) is 13.1 Å². The molecule has 0 aliphatic carbocycles. The maximum Gasteiger partial charge on any atom is 0.389 e. The average Bonchev–Trinajstić information content (AvgIpc) is 3.24. The minimum Gasteiger partial charge on any atom is -0.469 e. The average molecular weight is 523 g/mol. The summed E-state index contributed by atoms with van der Waals surface area (Å²) in [6.45, 7) is 0. The molecule has 2 aromatic rings. The Balaban J connectivity index is 2.15. The highest BCUT2D eigenvalue weighted by Crippen LogP contribution is 2.31. The number of nitro groups is 1. The number of aryl methyl sites for hydroxylation is 1. The van der Waals surface area contributed by atoms with Crippen LogP contribution in [0.5, 0.6) is 0 Å². The Morgan fingerprint density at radius 2 is 1.82 bits per heavy atom. The molecule has 1 N–H and O–H groups in total. The quantitative estimate of drug-likeness (QED) is 0.165. The van der Waals surface area contributed by atoms with E-state index in [-0.39, 0.29) is 42.2 Å². The number of hydrogen-bond donors (Lipinski definition) is 1. The first-order valence-electron chi connectivity index (χ1n) is 10.4. The van der Waals surface area contributed by atoms with E-state index in [9.17, 15) is 36.5 Å². The van der Waals surface area contributed by atoms with E-state index >= 15 is 0 Å². The molecule has 0 spiro atoms. The number of nitrogens with zero attached hydrogens (tertiary/aromatic N) is 1. The highest BCUT2D eigenvalue weighted by molar-refractivity contribution is 7.89. The zero-order valence-electron chi connectivity index (χ0n) is 18.3. The molecule has 13 heteroatoms. The number of nitrogens with one attached hydrogen (secondary N) is 1. The van der Waals surface area contributed by atoms with Gasteiger partial charge in [0.05, 0.1) is 23.0 Å². The second kappa shape index (κ2) is 12.3. The number of ether oxygens (including phenoxy) is 1. The molecule has 0 radical (unpaired) electrons. The summed E-state index contributed by atoms with van der Waals surface area (Å²) in [4.78, 5) is 22.8. The number of halogens is 3. The summed E-state index contributed by atoms with van der Waals surface area (Å²) < 4.78 is 70.4. The number of esters is 1. The standard InChI is InChI=1S/C21H25F3N2O6S2/c1-32-20(27)7-4-5-16-10-13-19(33-16)18(6-2-3-14-21(22,23)24)25-34(30,31)17-11-8-15(9-12-17)26(28)29/h8-13,18,25H,2-7,14H2,1H3. The molecular weight excluding hydrogens is 497 g/mol. The molecule has 0 aliphatic heterocycles. The Morgan fingerprint density at radius 3 is 2.41 bits per heavy atom. The largest absolute Gasteiger partial charge is 0.469 e. The molecule has 34 heavy (non-hydrogen) atoms. The number of rotatable bonds is 13. The van der Waals surface area contributed by atoms with Gasteiger partial charge < -0.3 is 4.74 Å². The van der Waals surface area contributed by atoms with Crippen molar-refractivity contribution in [2.45, 2.75) is 62.1 Å².